The fourth-order valence-electron chi connectivity index (χ4n) is 2.86. The van der Waals surface area contributed by atoms with Gasteiger partial charge < -0.3 is 16.2 Å². The van der Waals surface area contributed by atoms with Crippen molar-refractivity contribution in [3.8, 4) is 0 Å². The Morgan fingerprint density at radius 1 is 1.48 bits per heavy atom. The first kappa shape index (κ1) is 15.8. The molecule has 0 atom stereocenters. The molecule has 1 aliphatic carbocycles. The Kier molecular flexibility index (Phi) is 4.83. The standard InChI is InChI=1S/C16H23FN2O2/c1-2-11-5-7-16(21,8-6-11)10-19-15(20)13-4-3-12(18)9-14(13)17/h3-4,9,11,21H,2,5-8,10,18H2,1H3,(H,19,20). The molecule has 0 spiro atoms. The van der Waals surface area contributed by atoms with Crippen molar-refractivity contribution < 1.29 is 14.3 Å². The Balaban J connectivity index is 1.92. The molecule has 1 amide bonds. The van der Waals surface area contributed by atoms with E-state index in [1.165, 1.54) is 12.1 Å². The second kappa shape index (κ2) is 6.43. The van der Waals surface area contributed by atoms with Gasteiger partial charge in [-0.1, -0.05) is 13.3 Å². The van der Waals surface area contributed by atoms with Crippen molar-refractivity contribution in [3.63, 3.8) is 0 Å². The van der Waals surface area contributed by atoms with Gasteiger partial charge in [0.25, 0.3) is 5.91 Å². The molecule has 0 radical (unpaired) electrons. The molecule has 1 aromatic carbocycles. The number of benzene rings is 1. The summed E-state index contributed by atoms with van der Waals surface area (Å²) >= 11 is 0. The number of carbonyl (C=O) groups is 1. The van der Waals surface area contributed by atoms with Gasteiger partial charge in [-0.15, -0.1) is 0 Å². The SMILES string of the molecule is CCC1CCC(O)(CNC(=O)c2ccc(N)cc2F)CC1. The Morgan fingerprint density at radius 2 is 2.14 bits per heavy atom. The van der Waals surface area contributed by atoms with E-state index in [0.717, 1.165) is 25.3 Å². The zero-order valence-corrected chi connectivity index (χ0v) is 12.4. The third-order valence-corrected chi connectivity index (χ3v) is 4.43. The number of hydrogen-bond donors (Lipinski definition) is 3. The number of nitrogen functional groups attached to an aromatic ring is 1. The maximum absolute atomic E-state index is 13.7. The average molecular weight is 294 g/mol. The summed E-state index contributed by atoms with van der Waals surface area (Å²) in [5.74, 6) is -0.497. The van der Waals surface area contributed by atoms with Gasteiger partial charge in [0.2, 0.25) is 0 Å². The molecule has 1 fully saturated rings. The molecule has 1 saturated carbocycles. The Hall–Kier alpha value is -1.62. The van der Waals surface area contributed by atoms with Crippen LogP contribution in [0.4, 0.5) is 10.1 Å². The number of carbonyl (C=O) groups excluding carboxylic acids is 1. The molecule has 2 rings (SSSR count). The lowest BCUT2D eigenvalue weighted by molar-refractivity contribution is -0.00789. The minimum absolute atomic E-state index is 0.0463. The van der Waals surface area contributed by atoms with Crippen molar-refractivity contribution in [2.24, 2.45) is 5.92 Å². The summed E-state index contributed by atoms with van der Waals surface area (Å²) in [7, 11) is 0. The summed E-state index contributed by atoms with van der Waals surface area (Å²) < 4.78 is 13.7. The maximum Gasteiger partial charge on any atom is 0.254 e. The Bertz CT molecular complexity index is 511. The highest BCUT2D eigenvalue weighted by Gasteiger charge is 2.33. The van der Waals surface area contributed by atoms with Crippen LogP contribution in [-0.2, 0) is 0 Å². The summed E-state index contributed by atoms with van der Waals surface area (Å²) in [6, 6.07) is 3.97. The third-order valence-electron chi connectivity index (χ3n) is 4.43. The molecule has 0 bridgehead atoms. The predicted octanol–water partition coefficient (Wildman–Crippen LogP) is 2.47. The van der Waals surface area contributed by atoms with Crippen molar-refractivity contribution in [3.05, 3.63) is 29.6 Å². The summed E-state index contributed by atoms with van der Waals surface area (Å²) in [6.45, 7) is 2.31. The van der Waals surface area contributed by atoms with Crippen LogP contribution in [0.2, 0.25) is 0 Å². The van der Waals surface area contributed by atoms with Crippen molar-refractivity contribution in [2.45, 2.75) is 44.6 Å². The number of aliphatic hydroxyl groups is 1. The van der Waals surface area contributed by atoms with E-state index in [-0.39, 0.29) is 17.8 Å². The number of hydrogen-bond acceptors (Lipinski definition) is 3. The monoisotopic (exact) mass is 294 g/mol. The normalized spacial score (nSPS) is 25.6. The topological polar surface area (TPSA) is 75.3 Å². The zero-order chi connectivity index (χ0) is 15.5. The van der Waals surface area contributed by atoms with Crippen molar-refractivity contribution in [1.29, 1.82) is 0 Å². The number of nitrogens with two attached hydrogens (primary N) is 1. The lowest BCUT2D eigenvalue weighted by atomic mass is 9.78. The van der Waals surface area contributed by atoms with E-state index in [9.17, 15) is 14.3 Å². The molecule has 0 saturated heterocycles. The van der Waals surface area contributed by atoms with Gasteiger partial charge in [-0.3, -0.25) is 4.79 Å². The highest BCUT2D eigenvalue weighted by molar-refractivity contribution is 5.94. The smallest absolute Gasteiger partial charge is 0.254 e. The molecule has 0 unspecified atom stereocenters. The van der Waals surface area contributed by atoms with Gasteiger partial charge in [0.15, 0.2) is 0 Å². The summed E-state index contributed by atoms with van der Waals surface area (Å²) in [4.78, 5) is 12.0. The van der Waals surface area contributed by atoms with E-state index in [1.54, 1.807) is 0 Å². The molecule has 0 heterocycles. The maximum atomic E-state index is 13.7. The van der Waals surface area contributed by atoms with Crippen LogP contribution in [0.25, 0.3) is 0 Å². The van der Waals surface area contributed by atoms with Crippen molar-refractivity contribution >= 4 is 11.6 Å². The average Bonchev–Trinajstić information content (AvgIpc) is 2.46. The minimum Gasteiger partial charge on any atom is -0.399 e. The number of halogens is 1. The first-order valence-corrected chi connectivity index (χ1v) is 7.49. The van der Waals surface area contributed by atoms with Gasteiger partial charge in [-0.05, 0) is 49.8 Å². The largest absolute Gasteiger partial charge is 0.399 e. The van der Waals surface area contributed by atoms with Gasteiger partial charge in [-0.25, -0.2) is 4.39 Å². The quantitative estimate of drug-likeness (QED) is 0.747. The number of anilines is 1. The van der Waals surface area contributed by atoms with E-state index < -0.39 is 17.3 Å². The lowest BCUT2D eigenvalue weighted by Gasteiger charge is -2.35. The van der Waals surface area contributed by atoms with E-state index in [4.69, 9.17) is 5.73 Å². The summed E-state index contributed by atoms with van der Waals surface area (Å²) in [5, 5.41) is 13.1. The second-order valence-corrected chi connectivity index (χ2v) is 6.00. The van der Waals surface area contributed by atoms with Crippen LogP contribution < -0.4 is 11.1 Å². The molecular weight excluding hydrogens is 271 g/mol. The summed E-state index contributed by atoms with van der Waals surface area (Å²) in [5.41, 5.74) is 4.82. The van der Waals surface area contributed by atoms with Gasteiger partial charge in [0, 0.05) is 12.2 Å². The predicted molar refractivity (Wildman–Crippen MR) is 80.3 cm³/mol. The fourth-order valence-corrected chi connectivity index (χ4v) is 2.86. The van der Waals surface area contributed by atoms with Gasteiger partial charge in [-0.2, -0.15) is 0 Å². The molecule has 0 aliphatic heterocycles. The molecule has 116 valence electrons. The van der Waals surface area contributed by atoms with Crippen LogP contribution in [0.1, 0.15) is 49.4 Å². The first-order valence-electron chi connectivity index (χ1n) is 7.49. The van der Waals surface area contributed by atoms with Gasteiger partial charge >= 0.3 is 0 Å². The van der Waals surface area contributed by atoms with E-state index >= 15 is 0 Å². The highest BCUT2D eigenvalue weighted by Crippen LogP contribution is 2.33. The first-order chi connectivity index (χ1) is 9.93. The number of nitrogens with one attached hydrogen (secondary N) is 1. The lowest BCUT2D eigenvalue weighted by Crippen LogP contribution is -2.45. The Labute approximate surface area is 124 Å². The van der Waals surface area contributed by atoms with Crippen LogP contribution in [-0.4, -0.2) is 23.2 Å². The van der Waals surface area contributed by atoms with Crippen LogP contribution in [0.5, 0.6) is 0 Å². The molecule has 1 aromatic rings. The molecule has 4 nitrogen and oxygen atoms in total. The number of rotatable bonds is 4. The number of amides is 1. The van der Waals surface area contributed by atoms with Crippen LogP contribution >= 0.6 is 0 Å². The molecule has 21 heavy (non-hydrogen) atoms. The molecule has 0 aromatic heterocycles. The second-order valence-electron chi connectivity index (χ2n) is 6.00. The van der Waals surface area contributed by atoms with Crippen LogP contribution in [0, 0.1) is 11.7 Å². The minimum atomic E-state index is -0.869. The zero-order valence-electron chi connectivity index (χ0n) is 12.4. The van der Waals surface area contributed by atoms with Gasteiger partial charge in [0.05, 0.1) is 11.2 Å². The Morgan fingerprint density at radius 3 is 2.71 bits per heavy atom. The van der Waals surface area contributed by atoms with E-state index in [0.29, 0.717) is 18.8 Å². The van der Waals surface area contributed by atoms with E-state index in [1.807, 2.05) is 0 Å². The molecular formula is C16H23FN2O2. The van der Waals surface area contributed by atoms with Crippen molar-refractivity contribution in [2.75, 3.05) is 12.3 Å². The van der Waals surface area contributed by atoms with Crippen molar-refractivity contribution in [1.82, 2.24) is 5.32 Å². The summed E-state index contributed by atoms with van der Waals surface area (Å²) in [6.07, 6.45) is 4.42. The fraction of sp³-hybridized carbons (Fsp3) is 0.562. The van der Waals surface area contributed by atoms with Crippen LogP contribution in [0.3, 0.4) is 0 Å². The van der Waals surface area contributed by atoms with Gasteiger partial charge in [0.1, 0.15) is 5.82 Å². The molecule has 1 aliphatic rings. The highest BCUT2D eigenvalue weighted by atomic mass is 19.1. The van der Waals surface area contributed by atoms with E-state index in [2.05, 4.69) is 12.2 Å². The third kappa shape index (κ3) is 3.94. The molecule has 4 N–H and O–H groups in total. The molecule has 5 heteroatoms. The van der Waals surface area contributed by atoms with Crippen LogP contribution in [0.15, 0.2) is 18.2 Å².